The van der Waals surface area contributed by atoms with E-state index in [1.165, 1.54) is 0 Å². The first-order valence-electron chi connectivity index (χ1n) is 16.7. The van der Waals surface area contributed by atoms with Gasteiger partial charge in [-0.3, -0.25) is 4.79 Å². The van der Waals surface area contributed by atoms with Gasteiger partial charge < -0.3 is 34.0 Å². The molecule has 1 N–H and O–H groups in total. The van der Waals surface area contributed by atoms with Gasteiger partial charge in [-0.05, 0) is 78.2 Å². The third kappa shape index (κ3) is 6.64. The lowest BCUT2D eigenvalue weighted by Gasteiger charge is -2.41. The monoisotopic (exact) mass is 653 g/mol. The number of hydrogen-bond acceptors (Lipinski definition) is 8. The van der Waals surface area contributed by atoms with Crippen LogP contribution in [0.4, 0.5) is 10.5 Å². The summed E-state index contributed by atoms with van der Waals surface area (Å²) in [7, 11) is 3.99. The molecule has 0 spiro atoms. The number of nitrogens with one attached hydrogen (secondary N) is 1. The summed E-state index contributed by atoms with van der Waals surface area (Å²) in [6, 6.07) is 9.54. The first-order chi connectivity index (χ1) is 22.8. The van der Waals surface area contributed by atoms with Gasteiger partial charge >= 0.3 is 6.09 Å². The Morgan fingerprint density at radius 1 is 1.04 bits per heavy atom. The molecule has 2 aromatic heterocycles. The van der Waals surface area contributed by atoms with Crippen molar-refractivity contribution in [2.24, 2.45) is 0 Å². The number of likely N-dealkylation sites (tertiary alicyclic amines) is 1. The Hall–Kier alpha value is -4.77. The quantitative estimate of drug-likeness (QED) is 0.319. The predicted molar refractivity (Wildman–Crippen MR) is 187 cm³/mol. The summed E-state index contributed by atoms with van der Waals surface area (Å²) < 4.78 is 13.9. The molecule has 0 radical (unpaired) electrons. The maximum Gasteiger partial charge on any atom is 0.410 e. The van der Waals surface area contributed by atoms with E-state index in [-0.39, 0.29) is 24.1 Å². The van der Waals surface area contributed by atoms with E-state index in [2.05, 4.69) is 32.5 Å². The number of benzene rings is 1. The number of anilines is 1. The molecule has 3 aromatic rings. The van der Waals surface area contributed by atoms with Crippen molar-refractivity contribution in [2.75, 3.05) is 39.0 Å². The first kappa shape index (κ1) is 33.1. The molecule has 11 nitrogen and oxygen atoms in total. The van der Waals surface area contributed by atoms with Crippen LogP contribution in [0.3, 0.4) is 0 Å². The molecule has 3 aliphatic rings. The van der Waals surface area contributed by atoms with Gasteiger partial charge in [-0.15, -0.1) is 0 Å². The van der Waals surface area contributed by atoms with E-state index in [9.17, 15) is 9.59 Å². The number of nitrogens with zero attached hydrogens (tertiary/aromatic N) is 6. The summed E-state index contributed by atoms with van der Waals surface area (Å²) in [4.78, 5) is 35.8. The van der Waals surface area contributed by atoms with Gasteiger partial charge in [-0.2, -0.15) is 0 Å². The molecule has 4 heterocycles. The maximum absolute atomic E-state index is 14.0. The number of hydrazine groups is 1. The summed E-state index contributed by atoms with van der Waals surface area (Å²) >= 11 is 0. The summed E-state index contributed by atoms with van der Waals surface area (Å²) in [5.41, 5.74) is 5.45. The minimum absolute atomic E-state index is 0.122. The molecular formula is C37H47N7O4. The number of pyridine rings is 1. The molecule has 1 unspecified atom stereocenters. The zero-order valence-corrected chi connectivity index (χ0v) is 29.3. The van der Waals surface area contributed by atoms with Crippen LogP contribution in [0.1, 0.15) is 51.8 Å². The van der Waals surface area contributed by atoms with Crippen LogP contribution in [0, 0.1) is 13.8 Å². The van der Waals surface area contributed by atoms with E-state index in [0.29, 0.717) is 29.2 Å². The Labute approximate surface area is 283 Å². The van der Waals surface area contributed by atoms with Gasteiger partial charge in [0.05, 0.1) is 17.4 Å². The number of ether oxygens (including phenoxy) is 2. The third-order valence-corrected chi connectivity index (χ3v) is 9.19. The van der Waals surface area contributed by atoms with Crippen LogP contribution in [-0.4, -0.2) is 92.6 Å². The molecule has 1 aliphatic carbocycles. The highest BCUT2D eigenvalue weighted by molar-refractivity contribution is 6.06. The number of fused-ring (bicyclic) bond motifs is 2. The van der Waals surface area contributed by atoms with Crippen molar-refractivity contribution >= 4 is 23.3 Å². The molecule has 2 amide bonds. The second kappa shape index (κ2) is 13.0. The molecular weight excluding hydrogens is 606 g/mol. The van der Waals surface area contributed by atoms with Gasteiger partial charge in [-0.25, -0.2) is 14.8 Å². The number of aromatic nitrogens is 2. The molecule has 0 bridgehead atoms. The summed E-state index contributed by atoms with van der Waals surface area (Å²) in [6.07, 6.45) is 11.3. The number of allylic oxidation sites excluding steroid dienone is 2. The zero-order valence-electron chi connectivity index (χ0n) is 29.3. The second-order valence-corrected chi connectivity index (χ2v) is 13.8. The standard InChI is InChI=1S/C37H47N7O4/c1-9-44(36(46)48-37(4,5)6)27-16-18-42(19-17-27)30-15-14-28(33-29(30)23-40(7)41(33)8)35(45)39-26-20-32(34-38-25(3)21-43(34)22-26)47-31-13-11-10-12-24(31)2/h10-15,20-23,27,33H,9,16-19H2,1-8H3,(H,39,45). The maximum atomic E-state index is 14.0. The fraction of sp³-hybridized carbons (Fsp3) is 0.432. The molecule has 2 aliphatic heterocycles. The van der Waals surface area contributed by atoms with Crippen molar-refractivity contribution in [1.82, 2.24) is 29.2 Å². The Balaban J connectivity index is 1.22. The number of carbonyl (C=O) groups excluding carboxylic acids is 2. The van der Waals surface area contributed by atoms with Gasteiger partial charge in [0, 0.05) is 81.3 Å². The largest absolute Gasteiger partial charge is 0.453 e. The molecule has 6 rings (SSSR count). The van der Waals surface area contributed by atoms with Gasteiger partial charge in [0.2, 0.25) is 0 Å². The van der Waals surface area contributed by atoms with Crippen LogP contribution in [0.25, 0.3) is 5.65 Å². The summed E-state index contributed by atoms with van der Waals surface area (Å²) in [5, 5.41) is 7.26. The number of aryl methyl sites for hydroxylation is 2. The molecule has 1 fully saturated rings. The van der Waals surface area contributed by atoms with Crippen molar-refractivity contribution in [1.29, 1.82) is 0 Å². The normalized spacial score (nSPS) is 18.7. The van der Waals surface area contributed by atoms with Crippen LogP contribution in [0.2, 0.25) is 0 Å². The third-order valence-electron chi connectivity index (χ3n) is 9.19. The molecule has 1 saturated heterocycles. The van der Waals surface area contributed by atoms with E-state index in [4.69, 9.17) is 9.47 Å². The highest BCUT2D eigenvalue weighted by Gasteiger charge is 2.40. The molecule has 254 valence electrons. The number of rotatable bonds is 7. The zero-order chi connectivity index (χ0) is 34.3. The lowest BCUT2D eigenvalue weighted by molar-refractivity contribution is -0.113. The number of imidazole rings is 1. The number of amides is 2. The minimum atomic E-state index is -0.529. The second-order valence-electron chi connectivity index (χ2n) is 13.8. The SMILES string of the molecule is CCN(C(=O)OC(C)(C)C)C1CCN(C2=CC=C(C(=O)Nc3cc(Oc4ccccc4C)c4nc(C)cn4c3)C3C2=CN(C)N3C)CC1. The number of carbonyl (C=O) groups is 2. The Morgan fingerprint density at radius 2 is 1.77 bits per heavy atom. The predicted octanol–water partition coefficient (Wildman–Crippen LogP) is 6.27. The fourth-order valence-corrected chi connectivity index (χ4v) is 6.77. The van der Waals surface area contributed by atoms with Gasteiger partial charge in [0.25, 0.3) is 5.91 Å². The number of para-hydroxylation sites is 1. The van der Waals surface area contributed by atoms with Crippen LogP contribution in [0.5, 0.6) is 11.5 Å². The van der Waals surface area contributed by atoms with E-state index in [1.54, 1.807) is 0 Å². The van der Waals surface area contributed by atoms with Crippen molar-refractivity contribution in [2.45, 2.75) is 72.1 Å². The summed E-state index contributed by atoms with van der Waals surface area (Å²) in [6.45, 7) is 13.8. The van der Waals surface area contributed by atoms with Crippen LogP contribution < -0.4 is 10.1 Å². The Kier molecular flexibility index (Phi) is 9.00. The number of likely N-dealkylation sites (N-methyl/N-ethyl adjacent to an activating group) is 1. The van der Waals surface area contributed by atoms with Gasteiger partial charge in [0.15, 0.2) is 11.4 Å². The Bertz CT molecular complexity index is 1810. The minimum Gasteiger partial charge on any atom is -0.453 e. The molecule has 1 atom stereocenters. The van der Waals surface area contributed by atoms with Crippen molar-refractivity contribution < 1.29 is 19.1 Å². The number of hydrogen-bond donors (Lipinski definition) is 1. The van der Waals surface area contributed by atoms with Crippen molar-refractivity contribution in [3.63, 3.8) is 0 Å². The fourth-order valence-electron chi connectivity index (χ4n) is 6.77. The lowest BCUT2D eigenvalue weighted by atomic mass is 9.89. The number of piperidine rings is 1. The first-order valence-corrected chi connectivity index (χ1v) is 16.7. The van der Waals surface area contributed by atoms with Crippen LogP contribution >= 0.6 is 0 Å². The van der Waals surface area contributed by atoms with Gasteiger partial charge in [-0.1, -0.05) is 18.2 Å². The average Bonchev–Trinajstić information content (AvgIpc) is 3.55. The molecule has 48 heavy (non-hydrogen) atoms. The van der Waals surface area contributed by atoms with Crippen molar-refractivity contribution in [3.8, 4) is 11.5 Å². The van der Waals surface area contributed by atoms with Crippen LogP contribution in [0.15, 0.2) is 77.9 Å². The summed E-state index contributed by atoms with van der Waals surface area (Å²) in [5.74, 6) is 1.11. The van der Waals surface area contributed by atoms with Crippen molar-refractivity contribution in [3.05, 3.63) is 89.2 Å². The topological polar surface area (TPSA) is 94.9 Å². The smallest absolute Gasteiger partial charge is 0.410 e. The molecule has 0 saturated carbocycles. The highest BCUT2D eigenvalue weighted by Crippen LogP contribution is 2.38. The van der Waals surface area contributed by atoms with Crippen LogP contribution in [-0.2, 0) is 9.53 Å². The highest BCUT2D eigenvalue weighted by atomic mass is 16.6. The van der Waals surface area contributed by atoms with E-state index < -0.39 is 5.60 Å². The van der Waals surface area contributed by atoms with E-state index in [1.807, 2.05) is 119 Å². The van der Waals surface area contributed by atoms with E-state index in [0.717, 1.165) is 54.2 Å². The average molecular weight is 654 g/mol. The molecule has 1 aromatic carbocycles. The van der Waals surface area contributed by atoms with E-state index >= 15 is 0 Å². The Morgan fingerprint density at radius 3 is 2.46 bits per heavy atom. The van der Waals surface area contributed by atoms with Gasteiger partial charge in [0.1, 0.15) is 11.4 Å². The lowest BCUT2D eigenvalue weighted by Crippen LogP contribution is -2.49. The molecule has 11 heteroatoms.